The van der Waals surface area contributed by atoms with Crippen LogP contribution in [0, 0.1) is 21.8 Å². The fourth-order valence-electron chi connectivity index (χ4n) is 4.52. The highest BCUT2D eigenvalue weighted by Crippen LogP contribution is 2.48. The molecule has 0 bridgehead atoms. The molecule has 0 aliphatic carbocycles. The molecule has 2 saturated heterocycles. The maximum atomic E-state index is 13.5. The number of rotatable bonds is 5. The van der Waals surface area contributed by atoms with Gasteiger partial charge in [0.25, 0.3) is 11.6 Å². The highest BCUT2D eigenvalue weighted by molar-refractivity contribution is 6.23. The molecule has 34 heavy (non-hydrogen) atoms. The molecular weight excluding hydrogens is 441 g/mol. The van der Waals surface area contributed by atoms with Crippen LogP contribution in [0.25, 0.3) is 0 Å². The number of nitro groups is 1. The average molecular weight is 461 g/mol. The summed E-state index contributed by atoms with van der Waals surface area (Å²) in [4.78, 5) is 44.6. The summed E-state index contributed by atoms with van der Waals surface area (Å²) in [6.45, 7) is 2.03. The van der Waals surface area contributed by atoms with Crippen LogP contribution in [0.3, 0.4) is 0 Å². The minimum absolute atomic E-state index is 0.135. The third-order valence-electron chi connectivity index (χ3n) is 6.22. The van der Waals surface area contributed by atoms with Crippen molar-refractivity contribution in [3.63, 3.8) is 0 Å². The van der Waals surface area contributed by atoms with Gasteiger partial charge in [0.2, 0.25) is 5.91 Å². The van der Waals surface area contributed by atoms with Crippen molar-refractivity contribution in [2.24, 2.45) is 5.92 Å². The highest BCUT2D eigenvalue weighted by atomic mass is 19.1. The predicted molar refractivity (Wildman–Crippen MR) is 121 cm³/mol. The van der Waals surface area contributed by atoms with Crippen molar-refractivity contribution < 1.29 is 23.7 Å². The van der Waals surface area contributed by atoms with Gasteiger partial charge in [0.05, 0.1) is 22.3 Å². The van der Waals surface area contributed by atoms with Crippen LogP contribution in [0.15, 0.2) is 72.8 Å². The second-order valence-corrected chi connectivity index (χ2v) is 8.18. The fraction of sp³-hybridized carbons (Fsp3) is 0.200. The van der Waals surface area contributed by atoms with Crippen LogP contribution in [0.2, 0.25) is 0 Å². The van der Waals surface area contributed by atoms with Crippen molar-refractivity contribution in [3.05, 3.63) is 99.9 Å². The largest absolute Gasteiger partial charge is 0.273 e. The number of halogens is 1. The molecule has 9 heteroatoms. The van der Waals surface area contributed by atoms with Crippen LogP contribution in [0.5, 0.6) is 0 Å². The van der Waals surface area contributed by atoms with E-state index >= 15 is 0 Å². The van der Waals surface area contributed by atoms with Crippen LogP contribution in [0.4, 0.5) is 21.5 Å². The number of amides is 2. The third-order valence-corrected chi connectivity index (χ3v) is 6.22. The summed E-state index contributed by atoms with van der Waals surface area (Å²) in [5.41, 5.74) is 2.32. The van der Waals surface area contributed by atoms with Gasteiger partial charge in [0.15, 0.2) is 6.10 Å². The Morgan fingerprint density at radius 2 is 1.68 bits per heavy atom. The summed E-state index contributed by atoms with van der Waals surface area (Å²) < 4.78 is 13.4. The van der Waals surface area contributed by atoms with Crippen LogP contribution >= 0.6 is 0 Å². The van der Waals surface area contributed by atoms with E-state index in [2.05, 4.69) is 0 Å². The lowest BCUT2D eigenvalue weighted by Gasteiger charge is -2.28. The van der Waals surface area contributed by atoms with E-state index < -0.39 is 40.6 Å². The lowest BCUT2D eigenvalue weighted by molar-refractivity contribution is -0.384. The molecule has 0 radical (unpaired) electrons. The molecule has 0 N–H and O–H groups in total. The van der Waals surface area contributed by atoms with Crippen LogP contribution in [-0.4, -0.2) is 22.8 Å². The molecule has 3 atom stereocenters. The monoisotopic (exact) mass is 461 g/mol. The van der Waals surface area contributed by atoms with Crippen molar-refractivity contribution in [3.8, 4) is 0 Å². The number of non-ortho nitro benzene ring substituents is 1. The zero-order valence-electron chi connectivity index (χ0n) is 18.1. The van der Waals surface area contributed by atoms with Gasteiger partial charge in [0.1, 0.15) is 11.7 Å². The zero-order chi connectivity index (χ0) is 24.0. The number of anilines is 2. The van der Waals surface area contributed by atoms with Gasteiger partial charge >= 0.3 is 0 Å². The Balaban J connectivity index is 1.58. The molecule has 0 spiro atoms. The zero-order valence-corrected chi connectivity index (χ0v) is 18.1. The summed E-state index contributed by atoms with van der Waals surface area (Å²) in [5, 5.41) is 12.7. The number of imide groups is 1. The number of carbonyl (C=O) groups is 2. The van der Waals surface area contributed by atoms with Crippen molar-refractivity contribution in [1.29, 1.82) is 0 Å². The number of carbonyl (C=O) groups excluding carboxylic acids is 2. The molecule has 3 aromatic carbocycles. The number of benzene rings is 3. The number of hydroxylamine groups is 1. The van der Waals surface area contributed by atoms with E-state index in [0.717, 1.165) is 22.4 Å². The maximum Gasteiger partial charge on any atom is 0.271 e. The molecule has 2 aliphatic heterocycles. The number of hydrogen-bond acceptors (Lipinski definition) is 6. The first-order valence-electron chi connectivity index (χ1n) is 10.8. The first kappa shape index (κ1) is 21.7. The molecule has 2 fully saturated rings. The van der Waals surface area contributed by atoms with Crippen molar-refractivity contribution in [1.82, 2.24) is 0 Å². The fourth-order valence-corrected chi connectivity index (χ4v) is 4.52. The van der Waals surface area contributed by atoms with E-state index in [0.29, 0.717) is 5.69 Å². The van der Waals surface area contributed by atoms with Gasteiger partial charge in [-0.3, -0.25) is 24.5 Å². The smallest absolute Gasteiger partial charge is 0.271 e. The highest BCUT2D eigenvalue weighted by Gasteiger charge is 2.60. The average Bonchev–Trinajstić information content (AvgIpc) is 3.36. The second kappa shape index (κ2) is 8.35. The normalized spacial score (nSPS) is 21.8. The lowest BCUT2D eigenvalue weighted by Crippen LogP contribution is -2.37. The number of hydrogen-bond donors (Lipinski definition) is 0. The number of nitrogens with zero attached hydrogens (tertiary/aromatic N) is 3. The Kier molecular flexibility index (Phi) is 5.33. The summed E-state index contributed by atoms with van der Waals surface area (Å²) in [6.07, 6.45) is -0.287. The molecular formula is C25H20FN3O5. The van der Waals surface area contributed by atoms with E-state index in [1.54, 1.807) is 6.07 Å². The lowest BCUT2D eigenvalue weighted by atomic mass is 9.90. The second-order valence-electron chi connectivity index (χ2n) is 8.18. The molecule has 172 valence electrons. The summed E-state index contributed by atoms with van der Waals surface area (Å²) in [7, 11) is 0. The quantitative estimate of drug-likeness (QED) is 0.319. The van der Waals surface area contributed by atoms with Crippen molar-refractivity contribution >= 4 is 28.9 Å². The van der Waals surface area contributed by atoms with Crippen LogP contribution in [0.1, 0.15) is 24.1 Å². The topological polar surface area (TPSA) is 93.0 Å². The Labute approximate surface area is 194 Å². The van der Waals surface area contributed by atoms with Gasteiger partial charge in [-0.2, -0.15) is 0 Å². The Morgan fingerprint density at radius 1 is 0.971 bits per heavy atom. The van der Waals surface area contributed by atoms with Gasteiger partial charge in [0, 0.05) is 12.1 Å². The van der Waals surface area contributed by atoms with Crippen molar-refractivity contribution in [2.45, 2.75) is 25.5 Å². The summed E-state index contributed by atoms with van der Waals surface area (Å²) >= 11 is 0. The molecule has 0 aromatic heterocycles. The summed E-state index contributed by atoms with van der Waals surface area (Å²) in [5.74, 6) is -2.40. The third kappa shape index (κ3) is 3.50. The molecule has 2 aliphatic rings. The van der Waals surface area contributed by atoms with Crippen LogP contribution < -0.4 is 9.96 Å². The van der Waals surface area contributed by atoms with E-state index in [9.17, 15) is 24.1 Å². The predicted octanol–water partition coefficient (Wildman–Crippen LogP) is 4.35. The van der Waals surface area contributed by atoms with Gasteiger partial charge in [-0.1, -0.05) is 37.3 Å². The first-order valence-corrected chi connectivity index (χ1v) is 10.8. The van der Waals surface area contributed by atoms with Crippen LogP contribution in [-0.2, 0) is 20.8 Å². The minimum atomic E-state index is -1.12. The number of fused-ring (bicyclic) bond motifs is 1. The summed E-state index contributed by atoms with van der Waals surface area (Å²) in [6, 6.07) is 17.9. The molecule has 3 aromatic rings. The maximum absolute atomic E-state index is 13.5. The standard InChI is InChI=1S/C25H20FN3O5/c1-2-15-6-8-16(9-7-15)22-21-23(34-28(22)19-4-3-5-20(14-19)29(32)33)25(31)27(24(21)30)18-12-10-17(26)11-13-18/h3-14,21-23H,2H2,1H3/t21-,22+,23+/m1/s1. The molecule has 0 saturated carbocycles. The Morgan fingerprint density at radius 3 is 2.32 bits per heavy atom. The van der Waals surface area contributed by atoms with Gasteiger partial charge in [-0.15, -0.1) is 0 Å². The minimum Gasteiger partial charge on any atom is -0.273 e. The van der Waals surface area contributed by atoms with E-state index in [-0.39, 0.29) is 11.4 Å². The van der Waals surface area contributed by atoms with E-state index in [1.165, 1.54) is 47.5 Å². The number of nitro benzene ring substituents is 1. The molecule has 0 unspecified atom stereocenters. The SMILES string of the molecule is CCc1ccc([C@H]2[C@H]3C(=O)N(c4ccc(F)cc4)C(=O)[C@H]3ON2c2cccc([N+](=O)[O-])c2)cc1. The molecule has 2 heterocycles. The Hall–Kier alpha value is -4.11. The van der Waals surface area contributed by atoms with E-state index in [1.807, 2.05) is 31.2 Å². The first-order chi connectivity index (χ1) is 16.4. The van der Waals surface area contributed by atoms with Gasteiger partial charge in [-0.05, 0) is 47.9 Å². The van der Waals surface area contributed by atoms with Crippen molar-refractivity contribution in [2.75, 3.05) is 9.96 Å². The van der Waals surface area contributed by atoms with E-state index in [4.69, 9.17) is 4.84 Å². The van der Waals surface area contributed by atoms with Gasteiger partial charge < -0.3 is 0 Å². The Bertz CT molecular complexity index is 1280. The molecule has 2 amide bonds. The molecule has 8 nitrogen and oxygen atoms in total. The molecule has 5 rings (SSSR count). The van der Waals surface area contributed by atoms with Gasteiger partial charge in [-0.25, -0.2) is 14.4 Å². The number of aryl methyl sites for hydroxylation is 1.